The van der Waals surface area contributed by atoms with Gasteiger partial charge in [-0.15, -0.1) is 0 Å². The van der Waals surface area contributed by atoms with Crippen molar-refractivity contribution in [2.75, 3.05) is 14.1 Å². The normalized spacial score (nSPS) is 23.0. The molecule has 0 bridgehead atoms. The summed E-state index contributed by atoms with van der Waals surface area (Å²) >= 11 is 0. The summed E-state index contributed by atoms with van der Waals surface area (Å²) in [6.07, 6.45) is 6.90. The Morgan fingerprint density at radius 1 is 1.33 bits per heavy atom. The highest BCUT2D eigenvalue weighted by molar-refractivity contribution is 6.10. The van der Waals surface area contributed by atoms with Crippen LogP contribution in [0.5, 0.6) is 0 Å². The van der Waals surface area contributed by atoms with Crippen LogP contribution in [0.3, 0.4) is 0 Å². The number of nitrogens with two attached hydrogens (primary N) is 1. The first-order chi connectivity index (χ1) is 9.99. The van der Waals surface area contributed by atoms with Crippen molar-refractivity contribution in [3.05, 3.63) is 40.0 Å². The van der Waals surface area contributed by atoms with Crippen LogP contribution in [0, 0.1) is 6.92 Å². The van der Waals surface area contributed by atoms with Crippen LogP contribution in [0.4, 0.5) is 5.69 Å². The van der Waals surface area contributed by atoms with Gasteiger partial charge in [-0.3, -0.25) is 14.4 Å². The lowest BCUT2D eigenvalue weighted by Crippen LogP contribution is -2.29. The highest BCUT2D eigenvalue weighted by Gasteiger charge is 2.21. The fourth-order valence-corrected chi connectivity index (χ4v) is 2.85. The van der Waals surface area contributed by atoms with E-state index in [4.69, 9.17) is 5.73 Å². The predicted molar refractivity (Wildman–Crippen MR) is 84.0 cm³/mol. The predicted octanol–water partition coefficient (Wildman–Crippen LogP) is 0.777. The molecule has 1 aromatic rings. The van der Waals surface area contributed by atoms with Crippen LogP contribution in [-0.2, 0) is 13.1 Å². The Balaban J connectivity index is 2.00. The zero-order valence-corrected chi connectivity index (χ0v) is 12.7. The van der Waals surface area contributed by atoms with Crippen LogP contribution >= 0.6 is 0 Å². The van der Waals surface area contributed by atoms with Gasteiger partial charge in [0.05, 0.1) is 17.1 Å². The van der Waals surface area contributed by atoms with Crippen molar-refractivity contribution in [1.29, 1.82) is 0 Å². The van der Waals surface area contributed by atoms with Crippen LogP contribution in [-0.4, -0.2) is 40.1 Å². The first kappa shape index (κ1) is 13.9. The van der Waals surface area contributed by atoms with E-state index in [0.717, 1.165) is 25.2 Å². The first-order valence-electron chi connectivity index (χ1n) is 7.20. The molecule has 6 nitrogen and oxygen atoms in total. The molecule has 1 aliphatic carbocycles. The Morgan fingerprint density at radius 3 is 2.67 bits per heavy atom. The van der Waals surface area contributed by atoms with E-state index in [1.54, 1.807) is 4.68 Å². The number of hydrogen-bond acceptors (Lipinski definition) is 4. The molecule has 0 saturated heterocycles. The van der Waals surface area contributed by atoms with Crippen LogP contribution in [0.1, 0.15) is 12.1 Å². The molecule has 0 saturated carbocycles. The topological polar surface area (TPSA) is 68.5 Å². The summed E-state index contributed by atoms with van der Waals surface area (Å²) in [6.45, 7) is 3.60. The summed E-state index contributed by atoms with van der Waals surface area (Å²) in [5.41, 5.74) is 8.77. The average Bonchev–Trinajstić information content (AvgIpc) is 3.00. The average molecular weight is 287 g/mol. The molecule has 0 aromatic carbocycles. The molecule has 1 aromatic heterocycles. The fraction of sp³-hybridized carbons (Fsp3) is 0.467. The Morgan fingerprint density at radius 2 is 2.05 bits per heavy atom. The number of aromatic nitrogens is 2. The Labute approximate surface area is 123 Å². The first-order valence-corrected chi connectivity index (χ1v) is 7.20. The van der Waals surface area contributed by atoms with Gasteiger partial charge in [0.25, 0.3) is 5.56 Å². The molecular formula is C15H21N5O. The molecule has 0 spiro atoms. The van der Waals surface area contributed by atoms with E-state index in [1.807, 2.05) is 43.9 Å². The highest BCUT2D eigenvalue weighted by atomic mass is 16.1. The summed E-state index contributed by atoms with van der Waals surface area (Å²) in [5.74, 6) is 0. The van der Waals surface area contributed by atoms with Crippen molar-refractivity contribution in [3.8, 4) is 0 Å². The van der Waals surface area contributed by atoms with Gasteiger partial charge in [-0.2, -0.15) is 0 Å². The zero-order valence-electron chi connectivity index (χ0n) is 12.7. The third-order valence-corrected chi connectivity index (χ3v) is 4.12. The van der Waals surface area contributed by atoms with E-state index in [1.165, 1.54) is 0 Å². The lowest BCUT2D eigenvalue weighted by atomic mass is 10.1. The molecule has 0 amide bonds. The zero-order chi connectivity index (χ0) is 15.1. The maximum absolute atomic E-state index is 12.4. The second-order valence-electron chi connectivity index (χ2n) is 5.77. The van der Waals surface area contributed by atoms with Crippen LogP contribution in [0.15, 0.2) is 33.7 Å². The molecule has 1 atom stereocenters. The minimum absolute atomic E-state index is 0.0200. The Bertz CT molecular complexity index is 717. The van der Waals surface area contributed by atoms with Gasteiger partial charge in [-0.05, 0) is 39.6 Å². The number of rotatable bonds is 2. The van der Waals surface area contributed by atoms with Gasteiger partial charge in [0.2, 0.25) is 0 Å². The molecule has 21 heavy (non-hydrogen) atoms. The van der Waals surface area contributed by atoms with Gasteiger partial charge in [-0.25, -0.2) is 9.67 Å². The minimum atomic E-state index is -0.0200. The third kappa shape index (κ3) is 2.25. The van der Waals surface area contributed by atoms with Crippen LogP contribution in [0.2, 0.25) is 0 Å². The van der Waals surface area contributed by atoms with E-state index in [2.05, 4.69) is 9.89 Å². The maximum atomic E-state index is 12.4. The number of fused-ring (bicyclic) bond motifs is 1. The largest absolute Gasteiger partial charge is 0.397 e. The molecule has 0 fully saturated rings. The summed E-state index contributed by atoms with van der Waals surface area (Å²) in [5, 5.41) is 0. The van der Waals surface area contributed by atoms with Crippen molar-refractivity contribution in [2.24, 2.45) is 10.7 Å². The van der Waals surface area contributed by atoms with E-state index < -0.39 is 0 Å². The maximum Gasteiger partial charge on any atom is 0.292 e. The number of hydrogen-bond donors (Lipinski definition) is 1. The molecule has 2 aliphatic rings. The standard InChI is InChI=1S/C15H21N5O/c1-10-14(15(21)20-8-4-7-19(10)20)17-13-6-5-11(18(2)3)9-12(13)16/h5-6,9,11H,4,7-8,16H2,1-3H3/b17-13+. The number of likely N-dealkylation sites (N-methyl/N-ethyl adjacent to an activating group) is 1. The van der Waals surface area contributed by atoms with Gasteiger partial charge >= 0.3 is 0 Å². The van der Waals surface area contributed by atoms with Crippen LogP contribution in [0.25, 0.3) is 0 Å². The second-order valence-corrected chi connectivity index (χ2v) is 5.77. The SMILES string of the molecule is Cc1c(/N=C2\C=CC(N(C)C)C=C2N)c(=O)n2n1CCC2. The molecule has 2 heterocycles. The molecule has 112 valence electrons. The van der Waals surface area contributed by atoms with Gasteiger partial charge in [0.15, 0.2) is 5.69 Å². The third-order valence-electron chi connectivity index (χ3n) is 4.12. The van der Waals surface area contributed by atoms with Gasteiger partial charge in [0, 0.05) is 19.1 Å². The lowest BCUT2D eigenvalue weighted by molar-refractivity contribution is 0.390. The van der Waals surface area contributed by atoms with Crippen LogP contribution < -0.4 is 11.3 Å². The van der Waals surface area contributed by atoms with E-state index >= 15 is 0 Å². The summed E-state index contributed by atoms with van der Waals surface area (Å²) < 4.78 is 3.78. The van der Waals surface area contributed by atoms with Gasteiger partial charge < -0.3 is 5.73 Å². The smallest absolute Gasteiger partial charge is 0.292 e. The fourth-order valence-electron chi connectivity index (χ4n) is 2.85. The highest BCUT2D eigenvalue weighted by Crippen LogP contribution is 2.20. The summed E-state index contributed by atoms with van der Waals surface area (Å²) in [4.78, 5) is 19.0. The number of nitrogens with zero attached hydrogens (tertiary/aromatic N) is 4. The van der Waals surface area contributed by atoms with Crippen molar-refractivity contribution < 1.29 is 0 Å². The molecule has 1 unspecified atom stereocenters. The van der Waals surface area contributed by atoms with E-state index in [0.29, 0.717) is 17.1 Å². The number of aliphatic imine (C=N–C) groups is 1. The van der Waals surface area contributed by atoms with Crippen molar-refractivity contribution in [2.45, 2.75) is 32.5 Å². The Hall–Kier alpha value is -2.08. The molecule has 3 rings (SSSR count). The molecular weight excluding hydrogens is 266 g/mol. The monoisotopic (exact) mass is 287 g/mol. The molecule has 2 N–H and O–H groups in total. The van der Waals surface area contributed by atoms with Gasteiger partial charge in [0.1, 0.15) is 0 Å². The number of allylic oxidation sites excluding steroid dienone is 1. The summed E-state index contributed by atoms with van der Waals surface area (Å²) in [7, 11) is 3.99. The molecule has 0 radical (unpaired) electrons. The van der Waals surface area contributed by atoms with E-state index in [-0.39, 0.29) is 11.6 Å². The quantitative estimate of drug-likeness (QED) is 0.874. The lowest BCUT2D eigenvalue weighted by Gasteiger charge is -2.21. The Kier molecular flexibility index (Phi) is 3.33. The summed E-state index contributed by atoms with van der Waals surface area (Å²) in [6, 6.07) is 0.171. The van der Waals surface area contributed by atoms with Crippen molar-refractivity contribution in [3.63, 3.8) is 0 Å². The van der Waals surface area contributed by atoms with Gasteiger partial charge in [-0.1, -0.05) is 6.08 Å². The minimum Gasteiger partial charge on any atom is -0.397 e. The molecule has 1 aliphatic heterocycles. The second kappa shape index (κ2) is 5.04. The van der Waals surface area contributed by atoms with E-state index in [9.17, 15) is 4.79 Å². The molecule has 6 heteroatoms. The van der Waals surface area contributed by atoms with Crippen molar-refractivity contribution in [1.82, 2.24) is 14.3 Å². The van der Waals surface area contributed by atoms with Crippen molar-refractivity contribution >= 4 is 11.4 Å².